The van der Waals surface area contributed by atoms with Gasteiger partial charge in [-0.15, -0.1) is 0 Å². The van der Waals surface area contributed by atoms with Gasteiger partial charge in [0, 0.05) is 70.2 Å². The minimum Gasteiger partial charge on any atom is -0.382 e. The van der Waals surface area contributed by atoms with Gasteiger partial charge in [-0.25, -0.2) is 0 Å². The van der Waals surface area contributed by atoms with E-state index in [4.69, 9.17) is 37.9 Å². The summed E-state index contributed by atoms with van der Waals surface area (Å²) in [6.45, 7) is 11.4. The highest BCUT2D eigenvalue weighted by atomic mass is 79.9. The van der Waals surface area contributed by atoms with Crippen LogP contribution < -0.4 is 0 Å². The number of fused-ring (bicyclic) bond motifs is 6. The van der Waals surface area contributed by atoms with Gasteiger partial charge >= 0.3 is 0 Å². The topological polar surface area (TPSA) is 73.8 Å². The van der Waals surface area contributed by atoms with Crippen molar-refractivity contribution in [3.63, 3.8) is 0 Å². The van der Waals surface area contributed by atoms with Crippen molar-refractivity contribution in [3.8, 4) is 22.3 Å². The Kier molecular flexibility index (Phi) is 23.3. The van der Waals surface area contributed by atoms with E-state index < -0.39 is 0 Å². The lowest BCUT2D eigenvalue weighted by Gasteiger charge is -2.33. The zero-order valence-corrected chi connectivity index (χ0v) is 48.7. The summed E-state index contributed by atoms with van der Waals surface area (Å²) in [6.07, 6.45) is 22.8. The van der Waals surface area contributed by atoms with Crippen LogP contribution in [0.3, 0.4) is 0 Å². The second-order valence-corrected chi connectivity index (χ2v) is 21.6. The van der Waals surface area contributed by atoms with E-state index in [1.54, 1.807) is 28.4 Å². The molecule has 0 atom stereocenters. The average molecular weight is 1130 g/mol. The van der Waals surface area contributed by atoms with Gasteiger partial charge in [0.2, 0.25) is 0 Å². The maximum Gasteiger partial charge on any atom is 0.0700 e. The molecule has 0 amide bonds. The summed E-state index contributed by atoms with van der Waals surface area (Å²) in [4.78, 5) is 0. The third-order valence-electron chi connectivity index (χ3n) is 15.6. The predicted octanol–water partition coefficient (Wildman–Crippen LogP) is 15.9. The first-order chi connectivity index (χ1) is 38.8. The summed E-state index contributed by atoms with van der Waals surface area (Å²) in [5, 5.41) is 0. The minimum atomic E-state index is -0.229. The molecule has 0 unspecified atom stereocenters. The number of methoxy groups -OCH3 is 4. The van der Waals surface area contributed by atoms with E-state index in [0.717, 1.165) is 78.1 Å². The van der Waals surface area contributed by atoms with E-state index in [-0.39, 0.29) is 10.8 Å². The molecule has 0 saturated carbocycles. The standard InChI is InChI=1S/C70H81BrO8/c1-6-53-11-13-54(14-12-53)19-22-57-25-29-61-62-30-26-58(50-66(62)69(65(61)49-57,33-7-37-76-45-41-72-2)34-8-38-77-46-42-73-3)23-20-55-15-17-56(18-16-55)21-24-59-27-31-63-64-32-28-60(71)52-68(64)70(67(63)51-59,35-9-39-78-47-43-74-4)36-10-40-79-48-44-75-5/h6,11-32,49-52H,1,7-10,33-48H2,2-5H3/b22-19+,23-20+,24-21+. The largest absolute Gasteiger partial charge is 0.382 e. The highest BCUT2D eigenvalue weighted by Crippen LogP contribution is 2.56. The average Bonchev–Trinajstić information content (AvgIpc) is 4.16. The zero-order valence-electron chi connectivity index (χ0n) is 47.1. The molecule has 8 nitrogen and oxygen atoms in total. The van der Waals surface area contributed by atoms with Crippen LogP contribution >= 0.6 is 15.9 Å². The lowest BCUT2D eigenvalue weighted by molar-refractivity contribution is 0.0629. The lowest BCUT2D eigenvalue weighted by atomic mass is 9.71. The van der Waals surface area contributed by atoms with Crippen molar-refractivity contribution >= 4 is 58.5 Å². The Morgan fingerprint density at radius 1 is 0.329 bits per heavy atom. The fraction of sp³-hybridized carbons (Fsp3) is 0.371. The van der Waals surface area contributed by atoms with Crippen LogP contribution in [-0.4, -0.2) is 108 Å². The van der Waals surface area contributed by atoms with Gasteiger partial charge in [-0.3, -0.25) is 0 Å². The molecule has 6 aromatic rings. The van der Waals surface area contributed by atoms with E-state index in [2.05, 4.69) is 180 Å². The van der Waals surface area contributed by atoms with Crippen LogP contribution in [-0.2, 0) is 48.7 Å². The van der Waals surface area contributed by atoms with Crippen LogP contribution in [0.1, 0.15) is 113 Å². The van der Waals surface area contributed by atoms with Gasteiger partial charge in [-0.05, 0) is 147 Å². The van der Waals surface area contributed by atoms with Crippen molar-refractivity contribution in [2.24, 2.45) is 0 Å². The fourth-order valence-corrected chi connectivity index (χ4v) is 11.9. The molecule has 2 aliphatic rings. The van der Waals surface area contributed by atoms with Crippen LogP contribution in [0.4, 0.5) is 0 Å². The maximum absolute atomic E-state index is 6.08. The number of halogens is 1. The lowest BCUT2D eigenvalue weighted by Crippen LogP contribution is -2.27. The molecule has 0 bridgehead atoms. The highest BCUT2D eigenvalue weighted by Gasteiger charge is 2.44. The van der Waals surface area contributed by atoms with Gasteiger partial charge in [0.25, 0.3) is 0 Å². The highest BCUT2D eigenvalue weighted by molar-refractivity contribution is 9.10. The van der Waals surface area contributed by atoms with Gasteiger partial charge in [-0.1, -0.05) is 174 Å². The number of rotatable bonds is 35. The van der Waals surface area contributed by atoms with Gasteiger partial charge in [-0.2, -0.15) is 0 Å². The Bertz CT molecular complexity index is 2920. The van der Waals surface area contributed by atoms with Crippen LogP contribution in [0.2, 0.25) is 0 Å². The fourth-order valence-electron chi connectivity index (χ4n) is 11.6. The van der Waals surface area contributed by atoms with E-state index in [9.17, 15) is 0 Å². The summed E-state index contributed by atoms with van der Waals surface area (Å²) >= 11 is 3.83. The van der Waals surface area contributed by atoms with Crippen molar-refractivity contribution in [3.05, 3.63) is 194 Å². The Morgan fingerprint density at radius 3 is 0.899 bits per heavy atom. The molecule has 0 aliphatic heterocycles. The van der Waals surface area contributed by atoms with Crippen molar-refractivity contribution in [2.45, 2.75) is 62.2 Å². The summed E-state index contributed by atoms with van der Waals surface area (Å²) in [5.74, 6) is 0. The summed E-state index contributed by atoms with van der Waals surface area (Å²) < 4.78 is 46.4. The first-order valence-corrected chi connectivity index (χ1v) is 29.0. The number of hydrogen-bond acceptors (Lipinski definition) is 8. The third kappa shape index (κ3) is 15.7. The third-order valence-corrected chi connectivity index (χ3v) is 16.1. The second kappa shape index (κ2) is 30.9. The van der Waals surface area contributed by atoms with Crippen molar-refractivity contribution in [1.29, 1.82) is 0 Å². The van der Waals surface area contributed by atoms with Crippen molar-refractivity contribution < 1.29 is 37.9 Å². The Labute approximate surface area is 479 Å². The molecule has 0 spiro atoms. The maximum atomic E-state index is 6.08. The van der Waals surface area contributed by atoms with Gasteiger partial charge in [0.15, 0.2) is 0 Å². The molecule has 0 saturated heterocycles. The molecule has 0 radical (unpaired) electrons. The van der Waals surface area contributed by atoms with Crippen molar-refractivity contribution in [2.75, 3.05) is 108 Å². The molecular weight excluding hydrogens is 1050 g/mol. The molecule has 0 fully saturated rings. The smallest absolute Gasteiger partial charge is 0.0700 e. The van der Waals surface area contributed by atoms with Gasteiger partial charge in [0.1, 0.15) is 0 Å². The molecule has 6 aromatic carbocycles. The molecule has 0 heterocycles. The molecule has 0 aromatic heterocycles. The van der Waals surface area contributed by atoms with E-state index >= 15 is 0 Å². The van der Waals surface area contributed by atoms with E-state index in [0.29, 0.717) is 79.3 Å². The van der Waals surface area contributed by atoms with Crippen LogP contribution in [0.25, 0.3) is 64.8 Å². The monoisotopic (exact) mass is 1130 g/mol. The Balaban J connectivity index is 1.03. The number of ether oxygens (including phenoxy) is 8. The summed E-state index contributed by atoms with van der Waals surface area (Å²) in [6, 6.07) is 45.2. The Morgan fingerprint density at radius 2 is 0.595 bits per heavy atom. The summed E-state index contributed by atoms with van der Waals surface area (Å²) in [7, 11) is 6.87. The first-order valence-electron chi connectivity index (χ1n) is 28.2. The SMILES string of the molecule is C=Cc1ccc(/C=C/c2ccc3c(c2)C(CCCOCCOC)(CCCOCCOC)c2cc(/C=C/c4ccc(/C=C/c5ccc6c(c5)C(CCCOCCOC)(CCCOCCOC)c5cc(Br)ccc5-6)cc4)ccc2-3)cc1. The summed E-state index contributed by atoms with van der Waals surface area (Å²) in [5.41, 5.74) is 18.4. The Hall–Kier alpha value is -5.56. The molecule has 0 N–H and O–H groups in total. The molecule has 416 valence electrons. The molecule has 8 rings (SSSR count). The normalized spacial score (nSPS) is 13.9. The zero-order chi connectivity index (χ0) is 55.1. The van der Waals surface area contributed by atoms with Gasteiger partial charge in [0.05, 0.1) is 52.9 Å². The van der Waals surface area contributed by atoms with Crippen LogP contribution in [0.15, 0.2) is 132 Å². The molecule has 9 heteroatoms. The minimum absolute atomic E-state index is 0.176. The van der Waals surface area contributed by atoms with E-state index in [1.807, 2.05) is 6.08 Å². The number of hydrogen-bond donors (Lipinski definition) is 0. The van der Waals surface area contributed by atoms with Gasteiger partial charge < -0.3 is 37.9 Å². The quantitative estimate of drug-likeness (QED) is 0.0288. The van der Waals surface area contributed by atoms with Crippen LogP contribution in [0.5, 0.6) is 0 Å². The predicted molar refractivity (Wildman–Crippen MR) is 330 cm³/mol. The van der Waals surface area contributed by atoms with Crippen LogP contribution in [0, 0.1) is 0 Å². The molecular formula is C70H81BrO8. The molecule has 79 heavy (non-hydrogen) atoms. The van der Waals surface area contributed by atoms with Crippen molar-refractivity contribution in [1.82, 2.24) is 0 Å². The second-order valence-electron chi connectivity index (χ2n) is 20.6. The molecule has 2 aliphatic carbocycles. The van der Waals surface area contributed by atoms with E-state index in [1.165, 1.54) is 61.2 Å². The first kappa shape index (κ1) is 59.6. The number of benzene rings is 6.